The minimum absolute atomic E-state index is 0.724. The fraction of sp³-hybridized carbons (Fsp3) is 0.625. The molecule has 0 amide bonds. The molecule has 1 aliphatic rings. The molecule has 0 radical (unpaired) electrons. The predicted molar refractivity (Wildman–Crippen MR) is 76.3 cm³/mol. The Hall–Kier alpha value is -1.02. The number of rotatable bonds is 5. The van der Waals surface area contributed by atoms with E-state index in [1.165, 1.54) is 43.2 Å². The average molecular weight is 247 g/mol. The van der Waals surface area contributed by atoms with E-state index in [1.807, 2.05) is 0 Å². The maximum absolute atomic E-state index is 5.77. The van der Waals surface area contributed by atoms with Crippen molar-refractivity contribution in [2.75, 3.05) is 13.2 Å². The molecule has 1 N–H and O–H groups in total. The van der Waals surface area contributed by atoms with E-state index in [1.54, 1.807) is 0 Å². The lowest BCUT2D eigenvalue weighted by Crippen LogP contribution is -2.34. The van der Waals surface area contributed by atoms with Crippen LogP contribution < -0.4 is 10.1 Å². The van der Waals surface area contributed by atoms with Crippen molar-refractivity contribution in [3.63, 3.8) is 0 Å². The number of hydrogen-bond acceptors (Lipinski definition) is 2. The lowest BCUT2D eigenvalue weighted by atomic mass is 9.96. The van der Waals surface area contributed by atoms with Crippen LogP contribution in [0, 0.1) is 13.8 Å². The van der Waals surface area contributed by atoms with Crippen LogP contribution in [-0.2, 0) is 0 Å². The lowest BCUT2D eigenvalue weighted by Gasteiger charge is -2.22. The fourth-order valence-electron chi connectivity index (χ4n) is 2.54. The van der Waals surface area contributed by atoms with Gasteiger partial charge in [0.25, 0.3) is 0 Å². The molecule has 1 aromatic carbocycles. The molecule has 2 rings (SSSR count). The number of hydrogen-bond donors (Lipinski definition) is 1. The van der Waals surface area contributed by atoms with Crippen LogP contribution in [0.1, 0.15) is 43.2 Å². The molecule has 0 saturated heterocycles. The Morgan fingerprint density at radius 1 is 1.11 bits per heavy atom. The Labute approximate surface area is 111 Å². The summed E-state index contributed by atoms with van der Waals surface area (Å²) in [7, 11) is 0. The van der Waals surface area contributed by atoms with Gasteiger partial charge in [0.2, 0.25) is 0 Å². The summed E-state index contributed by atoms with van der Waals surface area (Å²) in [5, 5.41) is 3.59. The largest absolute Gasteiger partial charge is 0.492 e. The van der Waals surface area contributed by atoms with E-state index in [0.29, 0.717) is 0 Å². The molecule has 0 spiro atoms. The second-order valence-corrected chi connectivity index (χ2v) is 5.38. The van der Waals surface area contributed by atoms with Gasteiger partial charge < -0.3 is 10.1 Å². The zero-order chi connectivity index (χ0) is 12.8. The van der Waals surface area contributed by atoms with Crippen LogP contribution in [0.2, 0.25) is 0 Å². The van der Waals surface area contributed by atoms with Crippen LogP contribution in [0.4, 0.5) is 0 Å². The maximum atomic E-state index is 5.77. The summed E-state index contributed by atoms with van der Waals surface area (Å²) in [4.78, 5) is 0. The van der Waals surface area contributed by atoms with Gasteiger partial charge in [-0.2, -0.15) is 0 Å². The zero-order valence-electron chi connectivity index (χ0n) is 11.7. The second-order valence-electron chi connectivity index (χ2n) is 5.38. The topological polar surface area (TPSA) is 21.3 Å². The minimum Gasteiger partial charge on any atom is -0.492 e. The summed E-state index contributed by atoms with van der Waals surface area (Å²) in [6, 6.07) is 7.03. The molecule has 0 atom stereocenters. The van der Waals surface area contributed by atoms with Crippen LogP contribution in [0.3, 0.4) is 0 Å². The van der Waals surface area contributed by atoms with Gasteiger partial charge in [-0.05, 0) is 49.9 Å². The SMILES string of the molecule is Cc1ccc(OCCNC2CCCCC2)cc1C. The van der Waals surface area contributed by atoms with Crippen LogP contribution >= 0.6 is 0 Å². The fourth-order valence-corrected chi connectivity index (χ4v) is 2.54. The summed E-state index contributed by atoms with van der Waals surface area (Å²) < 4.78 is 5.77. The van der Waals surface area contributed by atoms with Gasteiger partial charge >= 0.3 is 0 Å². The molecule has 1 saturated carbocycles. The van der Waals surface area contributed by atoms with Crippen molar-refractivity contribution in [1.82, 2.24) is 5.32 Å². The van der Waals surface area contributed by atoms with Gasteiger partial charge in [-0.25, -0.2) is 0 Å². The monoisotopic (exact) mass is 247 g/mol. The highest BCUT2D eigenvalue weighted by molar-refractivity contribution is 5.33. The quantitative estimate of drug-likeness (QED) is 0.803. The van der Waals surface area contributed by atoms with Crippen LogP contribution in [0.15, 0.2) is 18.2 Å². The van der Waals surface area contributed by atoms with Crippen molar-refractivity contribution in [2.45, 2.75) is 52.0 Å². The molecule has 2 heteroatoms. The predicted octanol–water partition coefficient (Wildman–Crippen LogP) is 3.60. The normalized spacial score (nSPS) is 16.8. The van der Waals surface area contributed by atoms with Gasteiger partial charge in [-0.1, -0.05) is 25.3 Å². The maximum Gasteiger partial charge on any atom is 0.119 e. The number of nitrogens with one attached hydrogen (secondary N) is 1. The molecule has 0 bridgehead atoms. The van der Waals surface area contributed by atoms with Crippen molar-refractivity contribution >= 4 is 0 Å². The van der Waals surface area contributed by atoms with Crippen molar-refractivity contribution in [2.24, 2.45) is 0 Å². The third kappa shape index (κ3) is 4.02. The Bertz CT molecular complexity index is 369. The highest BCUT2D eigenvalue weighted by Gasteiger charge is 2.11. The molecular weight excluding hydrogens is 222 g/mol. The molecule has 0 heterocycles. The van der Waals surface area contributed by atoms with E-state index in [9.17, 15) is 0 Å². The molecule has 18 heavy (non-hydrogen) atoms. The lowest BCUT2D eigenvalue weighted by molar-refractivity contribution is 0.289. The van der Waals surface area contributed by atoms with Crippen LogP contribution in [0.25, 0.3) is 0 Å². The van der Waals surface area contributed by atoms with Gasteiger partial charge in [0.05, 0.1) is 0 Å². The number of benzene rings is 1. The summed E-state index contributed by atoms with van der Waals surface area (Å²) in [5.41, 5.74) is 2.62. The van der Waals surface area contributed by atoms with Crippen molar-refractivity contribution < 1.29 is 4.74 Å². The van der Waals surface area contributed by atoms with Crippen molar-refractivity contribution in [1.29, 1.82) is 0 Å². The molecule has 0 aliphatic heterocycles. The highest BCUT2D eigenvalue weighted by Crippen LogP contribution is 2.18. The Balaban J connectivity index is 1.66. The smallest absolute Gasteiger partial charge is 0.119 e. The molecule has 1 fully saturated rings. The molecule has 100 valence electrons. The minimum atomic E-state index is 0.724. The first-order valence-corrected chi connectivity index (χ1v) is 7.19. The third-order valence-corrected chi connectivity index (χ3v) is 3.89. The molecule has 1 aromatic rings. The van der Waals surface area contributed by atoms with E-state index in [0.717, 1.165) is 24.9 Å². The number of ether oxygens (including phenoxy) is 1. The van der Waals surface area contributed by atoms with Crippen molar-refractivity contribution in [3.8, 4) is 5.75 Å². The summed E-state index contributed by atoms with van der Waals surface area (Å²) in [6.07, 6.45) is 6.86. The van der Waals surface area contributed by atoms with E-state index in [4.69, 9.17) is 4.74 Å². The third-order valence-electron chi connectivity index (χ3n) is 3.89. The Morgan fingerprint density at radius 3 is 2.61 bits per heavy atom. The first-order valence-electron chi connectivity index (χ1n) is 7.19. The van der Waals surface area contributed by atoms with Crippen molar-refractivity contribution in [3.05, 3.63) is 29.3 Å². The van der Waals surface area contributed by atoms with E-state index in [2.05, 4.69) is 37.4 Å². The summed E-state index contributed by atoms with van der Waals surface area (Å²) in [6.45, 7) is 5.98. The van der Waals surface area contributed by atoms with E-state index >= 15 is 0 Å². The molecule has 1 aliphatic carbocycles. The molecular formula is C16H25NO. The number of aryl methyl sites for hydroxylation is 2. The Morgan fingerprint density at radius 2 is 1.89 bits per heavy atom. The van der Waals surface area contributed by atoms with Gasteiger partial charge in [-0.15, -0.1) is 0 Å². The van der Waals surface area contributed by atoms with E-state index < -0.39 is 0 Å². The van der Waals surface area contributed by atoms with Crippen LogP contribution in [0.5, 0.6) is 5.75 Å². The van der Waals surface area contributed by atoms with Gasteiger partial charge in [0.15, 0.2) is 0 Å². The van der Waals surface area contributed by atoms with Gasteiger partial charge in [0, 0.05) is 12.6 Å². The first-order chi connectivity index (χ1) is 8.75. The molecule has 0 unspecified atom stereocenters. The average Bonchev–Trinajstić information content (AvgIpc) is 2.40. The second kappa shape index (κ2) is 6.79. The standard InChI is InChI=1S/C16H25NO/c1-13-8-9-16(12-14(13)2)18-11-10-17-15-6-4-3-5-7-15/h8-9,12,15,17H,3-7,10-11H2,1-2H3. The highest BCUT2D eigenvalue weighted by atomic mass is 16.5. The summed E-state index contributed by atoms with van der Waals surface area (Å²) >= 11 is 0. The Kier molecular flexibility index (Phi) is 5.06. The van der Waals surface area contributed by atoms with Gasteiger partial charge in [-0.3, -0.25) is 0 Å². The summed E-state index contributed by atoms with van der Waals surface area (Å²) in [5.74, 6) is 0.989. The van der Waals surface area contributed by atoms with Gasteiger partial charge in [0.1, 0.15) is 12.4 Å². The first kappa shape index (κ1) is 13.4. The molecule has 0 aromatic heterocycles. The zero-order valence-corrected chi connectivity index (χ0v) is 11.7. The molecule has 2 nitrogen and oxygen atoms in total. The van der Waals surface area contributed by atoms with Crippen LogP contribution in [-0.4, -0.2) is 19.2 Å². The van der Waals surface area contributed by atoms with E-state index in [-0.39, 0.29) is 0 Å².